The molecule has 2 aliphatic rings. The topological polar surface area (TPSA) is 49.7 Å². The Morgan fingerprint density at radius 2 is 2.46 bits per heavy atom. The summed E-state index contributed by atoms with van der Waals surface area (Å²) in [4.78, 5) is 15.0. The van der Waals surface area contributed by atoms with E-state index in [-0.39, 0.29) is 11.3 Å². The minimum absolute atomic E-state index is 0.144. The highest BCUT2D eigenvalue weighted by molar-refractivity contribution is 9.11. The van der Waals surface area contributed by atoms with Gasteiger partial charge in [0, 0.05) is 4.48 Å². The van der Waals surface area contributed by atoms with Gasteiger partial charge in [-0.05, 0) is 6.08 Å². The minimum atomic E-state index is -0.889. The van der Waals surface area contributed by atoms with Crippen LogP contribution >= 0.6 is 27.7 Å². The first-order chi connectivity index (χ1) is 6.18. The summed E-state index contributed by atoms with van der Waals surface area (Å²) < 4.78 is 0.823. The molecule has 0 aromatic heterocycles. The molecule has 0 aromatic carbocycles. The number of carboxylic acid groups (broad SMARTS) is 1. The van der Waals surface area contributed by atoms with E-state index in [9.17, 15) is 4.79 Å². The highest BCUT2D eigenvalue weighted by Gasteiger charge is 2.33. The summed E-state index contributed by atoms with van der Waals surface area (Å²) in [6, 6.07) is -0.205. The number of nitrogens with zero attached hydrogens (tertiary/aromatic N) is 1. The third-order valence-corrected chi connectivity index (χ3v) is 3.38. The number of carboxylic acids is 1. The van der Waals surface area contributed by atoms with Crippen LogP contribution in [-0.2, 0) is 4.79 Å². The van der Waals surface area contributed by atoms with Crippen LogP contribution in [0.25, 0.3) is 0 Å². The molecule has 2 atom stereocenters. The number of aliphatic carboxylic acids is 1. The molecular formula is C8H6BrNO2S. The Kier molecular flexibility index (Phi) is 2.29. The largest absolute Gasteiger partial charge is 0.478 e. The van der Waals surface area contributed by atoms with Gasteiger partial charge in [-0.1, -0.05) is 22.0 Å². The molecule has 0 fully saturated rings. The molecule has 1 aliphatic carbocycles. The quantitative estimate of drug-likeness (QED) is 0.782. The van der Waals surface area contributed by atoms with Crippen molar-refractivity contribution < 1.29 is 9.90 Å². The van der Waals surface area contributed by atoms with Crippen LogP contribution in [0.1, 0.15) is 0 Å². The van der Waals surface area contributed by atoms with Crippen LogP contribution in [0.4, 0.5) is 0 Å². The van der Waals surface area contributed by atoms with Crippen molar-refractivity contribution in [3.8, 4) is 0 Å². The maximum atomic E-state index is 10.8. The molecule has 0 bridgehead atoms. The zero-order valence-corrected chi connectivity index (χ0v) is 8.88. The first kappa shape index (κ1) is 9.02. The van der Waals surface area contributed by atoms with E-state index in [4.69, 9.17) is 5.11 Å². The maximum absolute atomic E-state index is 10.8. The summed E-state index contributed by atoms with van der Waals surface area (Å²) in [6.07, 6.45) is 3.60. The number of carbonyl (C=O) groups is 1. The molecule has 0 saturated carbocycles. The highest BCUT2D eigenvalue weighted by atomic mass is 79.9. The van der Waals surface area contributed by atoms with E-state index in [1.165, 1.54) is 0 Å². The number of hydrogen-bond donors (Lipinski definition) is 1. The molecule has 0 radical (unpaired) electrons. The smallest absolute Gasteiger partial charge is 0.333 e. The Balaban J connectivity index is 2.38. The monoisotopic (exact) mass is 259 g/mol. The van der Waals surface area contributed by atoms with E-state index in [1.54, 1.807) is 23.4 Å². The molecule has 3 nitrogen and oxygen atoms in total. The van der Waals surface area contributed by atoms with Crippen LogP contribution in [0.5, 0.6) is 0 Å². The van der Waals surface area contributed by atoms with E-state index >= 15 is 0 Å². The highest BCUT2D eigenvalue weighted by Crippen LogP contribution is 2.34. The SMILES string of the molecule is O=C(O)C1=CC(Br)=CC2SC=NC12. The van der Waals surface area contributed by atoms with Crippen LogP contribution < -0.4 is 0 Å². The molecule has 0 aromatic rings. The molecule has 1 aliphatic heterocycles. The molecule has 68 valence electrons. The van der Waals surface area contributed by atoms with Crippen LogP contribution in [0.15, 0.2) is 27.2 Å². The maximum Gasteiger partial charge on any atom is 0.333 e. The minimum Gasteiger partial charge on any atom is -0.478 e. The number of rotatable bonds is 1. The summed E-state index contributed by atoms with van der Waals surface area (Å²) >= 11 is 4.83. The lowest BCUT2D eigenvalue weighted by Crippen LogP contribution is -2.25. The lowest BCUT2D eigenvalue weighted by molar-refractivity contribution is -0.132. The van der Waals surface area contributed by atoms with Gasteiger partial charge in [-0.15, -0.1) is 11.8 Å². The van der Waals surface area contributed by atoms with Gasteiger partial charge in [0.25, 0.3) is 0 Å². The summed E-state index contributed by atoms with van der Waals surface area (Å²) in [5.41, 5.74) is 2.08. The number of allylic oxidation sites excluding steroid dienone is 2. The van der Waals surface area contributed by atoms with Crippen molar-refractivity contribution in [3.63, 3.8) is 0 Å². The molecule has 0 spiro atoms. The Bertz CT molecular complexity index is 348. The number of aliphatic imine (C=N–C) groups is 1. The van der Waals surface area contributed by atoms with Gasteiger partial charge in [0.1, 0.15) is 0 Å². The van der Waals surface area contributed by atoms with E-state index in [0.717, 1.165) is 4.48 Å². The van der Waals surface area contributed by atoms with Crippen molar-refractivity contribution in [3.05, 3.63) is 22.2 Å². The van der Waals surface area contributed by atoms with Crippen LogP contribution in [0.3, 0.4) is 0 Å². The normalized spacial score (nSPS) is 30.8. The van der Waals surface area contributed by atoms with Crippen LogP contribution in [0, 0.1) is 0 Å². The fraction of sp³-hybridized carbons (Fsp3) is 0.250. The zero-order chi connectivity index (χ0) is 9.42. The second kappa shape index (κ2) is 3.31. The third-order valence-electron chi connectivity index (χ3n) is 1.93. The van der Waals surface area contributed by atoms with Crippen LogP contribution in [-0.4, -0.2) is 27.9 Å². The number of halogens is 1. The fourth-order valence-corrected chi connectivity index (χ4v) is 2.98. The number of hydrogen-bond acceptors (Lipinski definition) is 3. The Morgan fingerprint density at radius 1 is 1.69 bits per heavy atom. The van der Waals surface area contributed by atoms with Gasteiger partial charge in [0.2, 0.25) is 0 Å². The molecule has 1 N–H and O–H groups in total. The van der Waals surface area contributed by atoms with Crippen molar-refractivity contribution in [2.75, 3.05) is 0 Å². The second-order valence-electron chi connectivity index (χ2n) is 2.76. The molecule has 2 unspecified atom stereocenters. The van der Waals surface area contributed by atoms with Gasteiger partial charge < -0.3 is 5.11 Å². The summed E-state index contributed by atoms with van der Waals surface area (Å²) in [5.74, 6) is -0.889. The molecule has 5 heteroatoms. The molecule has 13 heavy (non-hydrogen) atoms. The molecule has 0 saturated heterocycles. The Hall–Kier alpha value is -0.550. The van der Waals surface area contributed by atoms with Crippen molar-refractivity contribution in [1.82, 2.24) is 0 Å². The average molecular weight is 260 g/mol. The summed E-state index contributed by atoms with van der Waals surface area (Å²) in [6.45, 7) is 0. The van der Waals surface area contributed by atoms with Gasteiger partial charge in [0.15, 0.2) is 0 Å². The predicted octanol–water partition coefficient (Wildman–Crippen LogP) is 1.80. The van der Waals surface area contributed by atoms with Gasteiger partial charge in [-0.2, -0.15) is 0 Å². The van der Waals surface area contributed by atoms with Gasteiger partial charge in [0.05, 0.1) is 22.4 Å². The predicted molar refractivity (Wildman–Crippen MR) is 56.4 cm³/mol. The molecular weight excluding hydrogens is 254 g/mol. The molecule has 0 amide bonds. The molecule has 1 heterocycles. The Morgan fingerprint density at radius 3 is 3.15 bits per heavy atom. The summed E-state index contributed by atoms with van der Waals surface area (Å²) in [7, 11) is 0. The zero-order valence-electron chi connectivity index (χ0n) is 6.48. The fourth-order valence-electron chi connectivity index (χ4n) is 1.35. The van der Waals surface area contributed by atoms with Gasteiger partial charge >= 0.3 is 5.97 Å². The third kappa shape index (κ3) is 1.58. The van der Waals surface area contributed by atoms with Crippen molar-refractivity contribution >= 4 is 39.2 Å². The van der Waals surface area contributed by atoms with E-state index in [1.807, 2.05) is 6.08 Å². The van der Waals surface area contributed by atoms with Gasteiger partial charge in [-0.25, -0.2) is 4.79 Å². The molecule has 2 rings (SSSR count). The van der Waals surface area contributed by atoms with Crippen molar-refractivity contribution in [2.24, 2.45) is 4.99 Å². The Labute approximate surface area is 87.7 Å². The summed E-state index contributed by atoms with van der Waals surface area (Å²) in [5, 5.41) is 9.05. The number of thioether (sulfide) groups is 1. The van der Waals surface area contributed by atoms with Crippen LogP contribution in [0.2, 0.25) is 0 Å². The van der Waals surface area contributed by atoms with Crippen molar-refractivity contribution in [2.45, 2.75) is 11.3 Å². The van der Waals surface area contributed by atoms with Crippen molar-refractivity contribution in [1.29, 1.82) is 0 Å². The second-order valence-corrected chi connectivity index (χ2v) is 4.70. The average Bonchev–Trinajstić information content (AvgIpc) is 2.49. The lowest BCUT2D eigenvalue weighted by atomic mass is 9.99. The van der Waals surface area contributed by atoms with E-state index < -0.39 is 5.97 Å². The van der Waals surface area contributed by atoms with Gasteiger partial charge in [-0.3, -0.25) is 4.99 Å². The first-order valence-corrected chi connectivity index (χ1v) is 5.41. The van der Waals surface area contributed by atoms with E-state index in [2.05, 4.69) is 20.9 Å². The number of fused-ring (bicyclic) bond motifs is 1. The van der Waals surface area contributed by atoms with E-state index in [0.29, 0.717) is 5.57 Å². The first-order valence-electron chi connectivity index (χ1n) is 3.68. The lowest BCUT2D eigenvalue weighted by Gasteiger charge is -2.18. The standard InChI is InChI=1S/C8H6BrNO2S/c9-4-1-5(8(11)12)7-6(2-4)13-3-10-7/h1-3,6-7H,(H,11,12).